The first-order chi connectivity index (χ1) is 13.5. The van der Waals surface area contributed by atoms with Crippen molar-refractivity contribution in [2.75, 3.05) is 4.90 Å². The molecule has 5 nitrogen and oxygen atoms in total. The molecule has 0 unspecified atom stereocenters. The quantitative estimate of drug-likeness (QED) is 0.542. The van der Waals surface area contributed by atoms with Gasteiger partial charge in [-0.05, 0) is 29.7 Å². The zero-order valence-corrected chi connectivity index (χ0v) is 16.5. The number of hydrogen-bond donors (Lipinski definition) is 1. The van der Waals surface area contributed by atoms with Crippen LogP contribution in [-0.4, -0.2) is 17.2 Å². The van der Waals surface area contributed by atoms with E-state index >= 15 is 0 Å². The Balaban J connectivity index is 2.07. The Labute approximate surface area is 167 Å². The molecular weight excluding hydrogens is 374 g/mol. The van der Waals surface area contributed by atoms with Crippen molar-refractivity contribution < 1.29 is 19.4 Å². The maximum Gasteiger partial charge on any atom is 0.512 e. The summed E-state index contributed by atoms with van der Waals surface area (Å²) in [6.45, 7) is 4.12. The Morgan fingerprint density at radius 3 is 2.39 bits per heavy atom. The molecule has 28 heavy (non-hydrogen) atoms. The summed E-state index contributed by atoms with van der Waals surface area (Å²) in [6, 6.07) is 19.3. The molecule has 0 fully saturated rings. The monoisotopic (exact) mass is 395 g/mol. The summed E-state index contributed by atoms with van der Waals surface area (Å²) < 4.78 is 5.03. The molecule has 0 aliphatic carbocycles. The first-order valence-electron chi connectivity index (χ1n) is 8.94. The van der Waals surface area contributed by atoms with E-state index in [-0.39, 0.29) is 11.0 Å². The third-order valence-corrected chi connectivity index (χ3v) is 5.45. The predicted molar refractivity (Wildman–Crippen MR) is 111 cm³/mol. The third-order valence-electron chi connectivity index (χ3n) is 4.40. The minimum atomic E-state index is -1.40. The van der Waals surface area contributed by atoms with Crippen LogP contribution in [0.1, 0.15) is 24.5 Å². The Kier molecular flexibility index (Phi) is 6.11. The molecule has 1 aromatic heterocycles. The average molecular weight is 395 g/mol. The number of rotatable bonds is 6. The molecule has 3 rings (SSSR count). The zero-order valence-electron chi connectivity index (χ0n) is 15.7. The third kappa shape index (κ3) is 4.40. The lowest BCUT2D eigenvalue weighted by molar-refractivity contribution is -0.118. The fraction of sp³-hybridized carbons (Fsp3) is 0.182. The Morgan fingerprint density at radius 1 is 1.07 bits per heavy atom. The van der Waals surface area contributed by atoms with Gasteiger partial charge in [0.05, 0.1) is 12.2 Å². The number of aryl methyl sites for hydroxylation is 1. The number of ether oxygens (including phenoxy) is 1. The summed E-state index contributed by atoms with van der Waals surface area (Å²) in [7, 11) is 0. The Bertz CT molecular complexity index is 981. The highest BCUT2D eigenvalue weighted by atomic mass is 32.1. The highest BCUT2D eigenvalue weighted by molar-refractivity contribution is 7.18. The van der Waals surface area contributed by atoms with Crippen LogP contribution in [0.15, 0.2) is 60.7 Å². The fourth-order valence-corrected chi connectivity index (χ4v) is 3.92. The lowest BCUT2D eigenvalue weighted by atomic mass is 10.1. The second-order valence-electron chi connectivity index (χ2n) is 6.28. The van der Waals surface area contributed by atoms with E-state index in [1.165, 1.54) is 11.3 Å². The van der Waals surface area contributed by atoms with E-state index < -0.39 is 6.16 Å². The molecule has 0 spiro atoms. The fourth-order valence-electron chi connectivity index (χ4n) is 2.91. The number of benzene rings is 2. The average Bonchev–Trinajstić information content (AvgIpc) is 3.10. The summed E-state index contributed by atoms with van der Waals surface area (Å²) in [4.78, 5) is 26.4. The molecule has 144 valence electrons. The van der Waals surface area contributed by atoms with E-state index in [0.29, 0.717) is 18.7 Å². The molecule has 0 saturated heterocycles. The van der Waals surface area contributed by atoms with Gasteiger partial charge >= 0.3 is 6.16 Å². The number of hydrogen-bond acceptors (Lipinski definition) is 4. The van der Waals surface area contributed by atoms with Crippen molar-refractivity contribution in [3.63, 3.8) is 0 Å². The van der Waals surface area contributed by atoms with E-state index in [0.717, 1.165) is 21.6 Å². The van der Waals surface area contributed by atoms with Crippen molar-refractivity contribution in [1.29, 1.82) is 0 Å². The van der Waals surface area contributed by atoms with Crippen LogP contribution >= 0.6 is 11.3 Å². The number of amides is 1. The topological polar surface area (TPSA) is 66.8 Å². The summed E-state index contributed by atoms with van der Waals surface area (Å²) in [5, 5.41) is 9.36. The first-order valence-corrected chi connectivity index (χ1v) is 9.76. The van der Waals surface area contributed by atoms with Crippen LogP contribution in [0.3, 0.4) is 0 Å². The standard InChI is InChI=1S/C22H21NO4S/c1-3-20(24)23(14-17-12-8-7-9-15(17)2)18-13-19(16-10-5-4-6-11-16)28-21(18)27-22(25)26/h4-13H,3,14H2,1-2H3,(H,25,26). The van der Waals surface area contributed by atoms with E-state index in [1.807, 2.05) is 67.6 Å². The SMILES string of the molecule is CCC(=O)N(Cc1ccccc1C)c1cc(-c2ccccc2)sc1OC(=O)O. The second-order valence-corrected chi connectivity index (χ2v) is 7.29. The van der Waals surface area contributed by atoms with Gasteiger partial charge in [-0.2, -0.15) is 0 Å². The number of carbonyl (C=O) groups excluding carboxylic acids is 1. The van der Waals surface area contributed by atoms with Gasteiger partial charge in [-0.15, -0.1) is 0 Å². The highest BCUT2D eigenvalue weighted by Crippen LogP contribution is 2.43. The smallest absolute Gasteiger partial charge is 0.449 e. The molecule has 3 aromatic rings. The van der Waals surface area contributed by atoms with Gasteiger partial charge in [0.1, 0.15) is 0 Å². The van der Waals surface area contributed by atoms with Crippen molar-refractivity contribution >= 4 is 29.1 Å². The molecule has 1 amide bonds. The Morgan fingerprint density at radius 2 is 1.75 bits per heavy atom. The van der Waals surface area contributed by atoms with Gasteiger partial charge in [0.15, 0.2) is 0 Å². The van der Waals surface area contributed by atoms with E-state index in [1.54, 1.807) is 11.8 Å². The maximum atomic E-state index is 12.7. The van der Waals surface area contributed by atoms with Crippen molar-refractivity contribution in [3.8, 4) is 15.5 Å². The summed E-state index contributed by atoms with van der Waals surface area (Å²) >= 11 is 1.21. The van der Waals surface area contributed by atoms with Gasteiger partial charge in [0, 0.05) is 11.3 Å². The van der Waals surface area contributed by atoms with Gasteiger partial charge in [-0.25, -0.2) is 4.79 Å². The van der Waals surface area contributed by atoms with E-state index in [2.05, 4.69) is 0 Å². The van der Waals surface area contributed by atoms with Crippen molar-refractivity contribution in [2.45, 2.75) is 26.8 Å². The molecule has 1 N–H and O–H groups in total. The van der Waals surface area contributed by atoms with Gasteiger partial charge in [-0.1, -0.05) is 72.9 Å². The number of anilines is 1. The molecule has 1 heterocycles. The molecule has 0 radical (unpaired) electrons. The number of nitrogens with zero attached hydrogens (tertiary/aromatic N) is 1. The van der Waals surface area contributed by atoms with Crippen LogP contribution in [0, 0.1) is 6.92 Å². The lowest BCUT2D eigenvalue weighted by Gasteiger charge is -2.23. The molecule has 0 aliphatic rings. The number of carboxylic acid groups (broad SMARTS) is 1. The molecule has 6 heteroatoms. The van der Waals surface area contributed by atoms with Crippen molar-refractivity contribution in [1.82, 2.24) is 0 Å². The predicted octanol–water partition coefficient (Wildman–Crippen LogP) is 5.72. The molecule has 2 aromatic carbocycles. The Hall–Kier alpha value is -3.12. The maximum absolute atomic E-state index is 12.7. The van der Waals surface area contributed by atoms with Gasteiger partial charge in [0.25, 0.3) is 0 Å². The van der Waals surface area contributed by atoms with Crippen molar-refractivity contribution in [2.24, 2.45) is 0 Å². The van der Waals surface area contributed by atoms with Crippen LogP contribution < -0.4 is 9.64 Å². The minimum Gasteiger partial charge on any atom is -0.449 e. The van der Waals surface area contributed by atoms with Gasteiger partial charge < -0.3 is 14.7 Å². The van der Waals surface area contributed by atoms with Crippen LogP contribution in [-0.2, 0) is 11.3 Å². The van der Waals surface area contributed by atoms with Crippen LogP contribution in [0.25, 0.3) is 10.4 Å². The normalized spacial score (nSPS) is 10.5. The van der Waals surface area contributed by atoms with Crippen LogP contribution in [0.4, 0.5) is 10.5 Å². The summed E-state index contributed by atoms with van der Waals surface area (Å²) in [5.74, 6) is -0.101. The van der Waals surface area contributed by atoms with Gasteiger partial charge in [0.2, 0.25) is 11.0 Å². The molecule has 0 bridgehead atoms. The number of thiophene rings is 1. The van der Waals surface area contributed by atoms with Gasteiger partial charge in [-0.3, -0.25) is 4.79 Å². The van der Waals surface area contributed by atoms with E-state index in [9.17, 15) is 9.59 Å². The molecule has 0 saturated carbocycles. The minimum absolute atomic E-state index is 0.101. The lowest BCUT2D eigenvalue weighted by Crippen LogP contribution is -2.30. The van der Waals surface area contributed by atoms with E-state index in [4.69, 9.17) is 9.84 Å². The highest BCUT2D eigenvalue weighted by Gasteiger charge is 2.24. The molecular formula is C22H21NO4S. The van der Waals surface area contributed by atoms with Crippen LogP contribution in [0.2, 0.25) is 0 Å². The van der Waals surface area contributed by atoms with Crippen molar-refractivity contribution in [3.05, 3.63) is 71.8 Å². The molecule has 0 aliphatic heterocycles. The number of carbonyl (C=O) groups is 2. The second kappa shape index (κ2) is 8.71. The zero-order chi connectivity index (χ0) is 20.1. The summed E-state index contributed by atoms with van der Waals surface area (Å²) in [6.07, 6.45) is -1.10. The van der Waals surface area contributed by atoms with Crippen LogP contribution in [0.5, 0.6) is 5.06 Å². The first kappa shape index (κ1) is 19.6. The molecule has 0 atom stereocenters. The largest absolute Gasteiger partial charge is 0.512 e. The summed E-state index contributed by atoms with van der Waals surface area (Å²) in [5.41, 5.74) is 3.48.